The molecule has 0 radical (unpaired) electrons. The summed E-state index contributed by atoms with van der Waals surface area (Å²) < 4.78 is 10.1. The Morgan fingerprint density at radius 1 is 1.14 bits per heavy atom. The average molecular weight is 300 g/mol. The summed E-state index contributed by atoms with van der Waals surface area (Å²) in [6.07, 6.45) is 0.365. The Hall–Kier alpha value is -1.78. The van der Waals surface area contributed by atoms with Gasteiger partial charge in [0.1, 0.15) is 0 Å². The van der Waals surface area contributed by atoms with Gasteiger partial charge < -0.3 is 9.47 Å². The molecule has 0 aromatic heterocycles. The van der Waals surface area contributed by atoms with E-state index in [1.807, 2.05) is 24.3 Å². The van der Waals surface area contributed by atoms with E-state index in [-0.39, 0.29) is 5.97 Å². The van der Waals surface area contributed by atoms with Gasteiger partial charge in [-0.15, -0.1) is 0 Å². The van der Waals surface area contributed by atoms with Gasteiger partial charge in [-0.05, 0) is 42.7 Å². The average Bonchev–Trinajstić information content (AvgIpc) is 2.52. The minimum Gasteiger partial charge on any atom is -0.432 e. The molecule has 0 fully saturated rings. The number of fused-ring (bicyclic) bond motifs is 2. The van der Waals surface area contributed by atoms with Crippen LogP contribution in [0.15, 0.2) is 52.3 Å². The molecule has 3 rings (SSSR count). The highest BCUT2D eigenvalue weighted by Crippen LogP contribution is 2.39. The van der Waals surface area contributed by atoms with Gasteiger partial charge in [0.15, 0.2) is 6.29 Å². The normalized spacial score (nSPS) is 14.0. The fourth-order valence-electron chi connectivity index (χ4n) is 2.26. The van der Waals surface area contributed by atoms with E-state index in [2.05, 4.69) is 18.2 Å². The van der Waals surface area contributed by atoms with Crippen molar-refractivity contribution in [2.75, 3.05) is 7.11 Å². The Labute approximate surface area is 128 Å². The number of rotatable bonds is 3. The maximum absolute atomic E-state index is 12.0. The molecule has 1 heterocycles. The number of carbonyl (C=O) groups is 1. The van der Waals surface area contributed by atoms with Crippen LogP contribution in [0.4, 0.5) is 0 Å². The van der Waals surface area contributed by atoms with Crippen LogP contribution in [-0.4, -0.2) is 19.4 Å². The van der Waals surface area contributed by atoms with E-state index >= 15 is 0 Å². The highest BCUT2D eigenvalue weighted by atomic mass is 32.2. The smallest absolute Gasteiger partial charge is 0.340 e. The molecule has 21 heavy (non-hydrogen) atoms. The van der Waals surface area contributed by atoms with E-state index in [1.165, 1.54) is 23.1 Å². The third-order valence-electron chi connectivity index (χ3n) is 3.48. The van der Waals surface area contributed by atoms with Gasteiger partial charge in [0.2, 0.25) is 0 Å². The van der Waals surface area contributed by atoms with E-state index in [0.29, 0.717) is 5.56 Å². The number of methoxy groups -OCH3 is 1. The lowest BCUT2D eigenvalue weighted by Crippen LogP contribution is -2.16. The summed E-state index contributed by atoms with van der Waals surface area (Å²) >= 11 is 1.70. The monoisotopic (exact) mass is 300 g/mol. The Morgan fingerprint density at radius 2 is 1.90 bits per heavy atom. The van der Waals surface area contributed by atoms with E-state index in [4.69, 9.17) is 9.47 Å². The third-order valence-corrected chi connectivity index (χ3v) is 4.70. The number of ether oxygens (including phenoxy) is 2. The first kappa shape index (κ1) is 14.2. The van der Waals surface area contributed by atoms with Crippen LogP contribution in [0.2, 0.25) is 0 Å². The van der Waals surface area contributed by atoms with Crippen molar-refractivity contribution in [3.63, 3.8) is 0 Å². The van der Waals surface area contributed by atoms with Crippen molar-refractivity contribution in [3.8, 4) is 0 Å². The van der Waals surface area contributed by atoms with Gasteiger partial charge in [0.05, 0.1) is 5.56 Å². The van der Waals surface area contributed by atoms with Crippen LogP contribution >= 0.6 is 11.8 Å². The molecule has 1 aliphatic rings. The van der Waals surface area contributed by atoms with Crippen molar-refractivity contribution >= 4 is 17.7 Å². The Kier molecular flexibility index (Phi) is 3.99. The van der Waals surface area contributed by atoms with Crippen LogP contribution < -0.4 is 0 Å². The molecule has 0 spiro atoms. The summed E-state index contributed by atoms with van der Waals surface area (Å²) in [6, 6.07) is 14.1. The number of hydrogen-bond acceptors (Lipinski definition) is 4. The van der Waals surface area contributed by atoms with Gasteiger partial charge in [-0.3, -0.25) is 0 Å². The quantitative estimate of drug-likeness (QED) is 0.543. The van der Waals surface area contributed by atoms with Crippen molar-refractivity contribution in [1.82, 2.24) is 0 Å². The zero-order valence-corrected chi connectivity index (χ0v) is 12.8. The molecule has 3 nitrogen and oxygen atoms in total. The van der Waals surface area contributed by atoms with Crippen molar-refractivity contribution in [2.45, 2.75) is 29.4 Å². The van der Waals surface area contributed by atoms with Gasteiger partial charge in [-0.2, -0.15) is 0 Å². The molecule has 4 heteroatoms. The molecule has 0 bridgehead atoms. The predicted octanol–water partition coefficient (Wildman–Crippen LogP) is 3.89. The SMILES string of the molecule is COC(C)OC(=O)c1ccc2c(c1)Sc1ccccc1C2. The van der Waals surface area contributed by atoms with Crippen molar-refractivity contribution in [1.29, 1.82) is 0 Å². The molecule has 0 N–H and O–H groups in total. The molecule has 1 aliphatic heterocycles. The molecule has 0 aliphatic carbocycles. The largest absolute Gasteiger partial charge is 0.432 e. The van der Waals surface area contributed by atoms with Crippen LogP contribution in [-0.2, 0) is 15.9 Å². The fourth-order valence-corrected chi connectivity index (χ4v) is 3.37. The standard InChI is InChI=1S/C17H16O3S/c1-11(19-2)20-17(18)14-8-7-13-9-12-5-3-4-6-15(12)21-16(13)10-14/h3-8,10-11H,9H2,1-2H3. The van der Waals surface area contributed by atoms with Gasteiger partial charge in [0, 0.05) is 16.9 Å². The molecular formula is C17H16O3S. The first-order valence-electron chi connectivity index (χ1n) is 6.80. The van der Waals surface area contributed by atoms with Gasteiger partial charge in [-0.1, -0.05) is 36.0 Å². The molecule has 0 saturated heterocycles. The van der Waals surface area contributed by atoms with Crippen LogP contribution in [0.5, 0.6) is 0 Å². The van der Waals surface area contributed by atoms with E-state index in [9.17, 15) is 4.79 Å². The Bertz CT molecular complexity index is 681. The minimum atomic E-state index is -0.540. The summed E-state index contributed by atoms with van der Waals surface area (Å²) in [4.78, 5) is 14.4. The number of esters is 1. The number of hydrogen-bond donors (Lipinski definition) is 0. The summed E-state index contributed by atoms with van der Waals surface area (Å²) in [5.74, 6) is -0.355. The van der Waals surface area contributed by atoms with Crippen molar-refractivity contribution in [2.24, 2.45) is 0 Å². The predicted molar refractivity (Wildman–Crippen MR) is 81.7 cm³/mol. The van der Waals surface area contributed by atoms with Gasteiger partial charge in [0.25, 0.3) is 0 Å². The third kappa shape index (κ3) is 2.96. The lowest BCUT2D eigenvalue weighted by molar-refractivity contribution is -0.0773. The number of carbonyl (C=O) groups excluding carboxylic acids is 1. The van der Waals surface area contributed by atoms with E-state index < -0.39 is 6.29 Å². The van der Waals surface area contributed by atoms with E-state index in [0.717, 1.165) is 11.3 Å². The van der Waals surface area contributed by atoms with Crippen LogP contribution in [0, 0.1) is 0 Å². The molecule has 0 saturated carbocycles. The van der Waals surface area contributed by atoms with Crippen LogP contribution in [0.1, 0.15) is 28.4 Å². The summed E-state index contributed by atoms with van der Waals surface area (Å²) in [5, 5.41) is 0. The maximum Gasteiger partial charge on any atom is 0.340 e. The summed E-state index contributed by atoms with van der Waals surface area (Å²) in [7, 11) is 1.51. The second kappa shape index (κ2) is 5.92. The first-order valence-corrected chi connectivity index (χ1v) is 7.61. The summed E-state index contributed by atoms with van der Waals surface area (Å²) in [6.45, 7) is 1.70. The van der Waals surface area contributed by atoms with Crippen molar-refractivity contribution < 1.29 is 14.3 Å². The fraction of sp³-hybridized carbons (Fsp3) is 0.235. The molecule has 2 aromatic rings. The molecule has 1 unspecified atom stereocenters. The van der Waals surface area contributed by atoms with E-state index in [1.54, 1.807) is 18.7 Å². The molecule has 1 atom stereocenters. The lowest BCUT2D eigenvalue weighted by Gasteiger charge is -2.19. The second-order valence-electron chi connectivity index (χ2n) is 4.92. The Balaban J connectivity index is 1.85. The maximum atomic E-state index is 12.0. The van der Waals surface area contributed by atoms with Crippen LogP contribution in [0.25, 0.3) is 0 Å². The Morgan fingerprint density at radius 3 is 2.71 bits per heavy atom. The second-order valence-corrected chi connectivity index (χ2v) is 6.00. The molecule has 2 aromatic carbocycles. The van der Waals surface area contributed by atoms with Crippen molar-refractivity contribution in [3.05, 3.63) is 59.2 Å². The van der Waals surface area contributed by atoms with Crippen LogP contribution in [0.3, 0.4) is 0 Å². The molecule has 0 amide bonds. The lowest BCUT2D eigenvalue weighted by atomic mass is 10.0. The highest BCUT2D eigenvalue weighted by molar-refractivity contribution is 7.99. The summed E-state index contributed by atoms with van der Waals surface area (Å²) in [5.41, 5.74) is 3.14. The topological polar surface area (TPSA) is 35.5 Å². The molecular weight excluding hydrogens is 284 g/mol. The molecule has 108 valence electrons. The van der Waals surface area contributed by atoms with Gasteiger partial charge in [-0.25, -0.2) is 4.79 Å². The zero-order valence-electron chi connectivity index (χ0n) is 12.0. The minimum absolute atomic E-state index is 0.355. The van der Waals surface area contributed by atoms with Gasteiger partial charge >= 0.3 is 5.97 Å². The first-order chi connectivity index (χ1) is 10.2. The number of benzene rings is 2. The zero-order chi connectivity index (χ0) is 14.8. The highest BCUT2D eigenvalue weighted by Gasteiger charge is 2.18.